The van der Waals surface area contributed by atoms with Crippen molar-refractivity contribution in [2.24, 2.45) is 5.73 Å². The Balaban J connectivity index is 1.80. The molecular formula is C15H17Cl2N3O. The second-order valence-electron chi connectivity index (χ2n) is 5.86. The minimum atomic E-state index is -0.205. The van der Waals surface area contributed by atoms with Gasteiger partial charge in [-0.15, -0.1) is 0 Å². The zero-order valence-corrected chi connectivity index (χ0v) is 13.3. The molecule has 6 heteroatoms. The fraction of sp³-hybridized carbons (Fsp3) is 0.467. The molecule has 112 valence electrons. The van der Waals surface area contributed by atoms with E-state index in [4.69, 9.17) is 33.5 Å². The summed E-state index contributed by atoms with van der Waals surface area (Å²) < 4.78 is 5.45. The molecule has 2 unspecified atom stereocenters. The number of hydrogen-bond acceptors (Lipinski definition) is 4. The summed E-state index contributed by atoms with van der Waals surface area (Å²) in [4.78, 5) is 4.53. The van der Waals surface area contributed by atoms with Crippen molar-refractivity contribution in [1.29, 1.82) is 0 Å². The van der Waals surface area contributed by atoms with Gasteiger partial charge in [-0.05, 0) is 37.5 Å². The first-order chi connectivity index (χ1) is 9.99. The molecule has 1 aromatic heterocycles. The van der Waals surface area contributed by atoms with E-state index in [0.717, 1.165) is 24.8 Å². The summed E-state index contributed by atoms with van der Waals surface area (Å²) in [6, 6.07) is 5.58. The molecular weight excluding hydrogens is 309 g/mol. The van der Waals surface area contributed by atoms with Crippen LogP contribution in [0.4, 0.5) is 0 Å². The molecule has 2 aromatic rings. The highest BCUT2D eigenvalue weighted by Gasteiger charge is 2.42. The van der Waals surface area contributed by atoms with E-state index in [1.54, 1.807) is 6.07 Å². The minimum Gasteiger partial charge on any atom is -0.339 e. The van der Waals surface area contributed by atoms with Gasteiger partial charge >= 0.3 is 0 Å². The molecule has 0 amide bonds. The van der Waals surface area contributed by atoms with E-state index in [0.29, 0.717) is 28.2 Å². The van der Waals surface area contributed by atoms with Crippen molar-refractivity contribution in [3.05, 3.63) is 45.5 Å². The Morgan fingerprint density at radius 2 is 2.19 bits per heavy atom. The molecule has 0 spiro atoms. The van der Waals surface area contributed by atoms with Crippen LogP contribution in [0.1, 0.15) is 43.5 Å². The fourth-order valence-corrected chi connectivity index (χ4v) is 3.17. The van der Waals surface area contributed by atoms with Crippen molar-refractivity contribution in [3.8, 4) is 0 Å². The Morgan fingerprint density at radius 3 is 2.86 bits per heavy atom. The van der Waals surface area contributed by atoms with Gasteiger partial charge in [0.2, 0.25) is 5.89 Å². The number of hydrogen-bond donors (Lipinski definition) is 1. The molecule has 2 N–H and O–H groups in total. The summed E-state index contributed by atoms with van der Waals surface area (Å²) >= 11 is 11.9. The van der Waals surface area contributed by atoms with Crippen LogP contribution in [0.25, 0.3) is 0 Å². The monoisotopic (exact) mass is 325 g/mol. The van der Waals surface area contributed by atoms with E-state index in [1.165, 1.54) is 0 Å². The molecule has 0 aliphatic heterocycles. The third-order valence-corrected chi connectivity index (χ3v) is 5.07. The smallest absolute Gasteiger partial charge is 0.234 e. The third-order valence-electron chi connectivity index (χ3n) is 4.33. The van der Waals surface area contributed by atoms with Crippen molar-refractivity contribution in [2.45, 2.75) is 44.1 Å². The van der Waals surface area contributed by atoms with E-state index in [2.05, 4.69) is 17.1 Å². The fourth-order valence-electron chi connectivity index (χ4n) is 2.85. The van der Waals surface area contributed by atoms with E-state index in [1.807, 2.05) is 12.1 Å². The van der Waals surface area contributed by atoms with Gasteiger partial charge in [-0.3, -0.25) is 0 Å². The zero-order chi connectivity index (χ0) is 15.0. The normalized spacial score (nSPS) is 25.4. The van der Waals surface area contributed by atoms with Crippen LogP contribution in [0.2, 0.25) is 10.0 Å². The average Bonchev–Trinajstić information content (AvgIpc) is 3.03. The minimum absolute atomic E-state index is 0.0794. The molecule has 1 saturated carbocycles. The molecule has 3 rings (SSSR count). The van der Waals surface area contributed by atoms with Crippen LogP contribution in [-0.2, 0) is 11.8 Å². The molecule has 21 heavy (non-hydrogen) atoms. The van der Waals surface area contributed by atoms with Gasteiger partial charge in [0.15, 0.2) is 5.82 Å². The molecule has 1 heterocycles. The highest BCUT2D eigenvalue weighted by Crippen LogP contribution is 2.39. The highest BCUT2D eigenvalue weighted by molar-refractivity contribution is 6.42. The second-order valence-corrected chi connectivity index (χ2v) is 6.67. The summed E-state index contributed by atoms with van der Waals surface area (Å²) in [6.45, 7) is 2.10. The predicted octanol–water partition coefficient (Wildman–Crippen LogP) is 3.74. The third kappa shape index (κ3) is 2.80. The molecule has 1 fully saturated rings. The van der Waals surface area contributed by atoms with Gasteiger partial charge in [-0.2, -0.15) is 4.98 Å². The summed E-state index contributed by atoms with van der Waals surface area (Å²) in [7, 11) is 0. The molecule has 1 aromatic carbocycles. The Morgan fingerprint density at radius 1 is 1.38 bits per heavy atom. The van der Waals surface area contributed by atoms with Crippen molar-refractivity contribution in [3.63, 3.8) is 0 Å². The SMILES string of the molecule is CC1(c2nc(Cc3ccc(Cl)c(Cl)c3)no2)CCCC1N. The van der Waals surface area contributed by atoms with Gasteiger partial charge in [-0.25, -0.2) is 0 Å². The number of benzene rings is 1. The number of nitrogens with zero attached hydrogens (tertiary/aromatic N) is 2. The maximum atomic E-state index is 6.18. The van der Waals surface area contributed by atoms with E-state index >= 15 is 0 Å². The molecule has 0 saturated heterocycles. The van der Waals surface area contributed by atoms with Gasteiger partial charge in [0.1, 0.15) is 0 Å². The van der Waals surface area contributed by atoms with Crippen LogP contribution in [0.15, 0.2) is 22.7 Å². The summed E-state index contributed by atoms with van der Waals surface area (Å²) in [5.41, 5.74) is 6.98. The van der Waals surface area contributed by atoms with Gasteiger partial charge in [-0.1, -0.05) is 40.8 Å². The average molecular weight is 326 g/mol. The van der Waals surface area contributed by atoms with Crippen LogP contribution in [0.3, 0.4) is 0 Å². The molecule has 0 radical (unpaired) electrons. The Labute approximate surface area is 133 Å². The molecule has 1 aliphatic carbocycles. The van der Waals surface area contributed by atoms with Crippen molar-refractivity contribution in [1.82, 2.24) is 10.1 Å². The van der Waals surface area contributed by atoms with Crippen LogP contribution < -0.4 is 5.73 Å². The molecule has 1 aliphatic rings. The largest absolute Gasteiger partial charge is 0.339 e. The maximum absolute atomic E-state index is 6.18. The van der Waals surface area contributed by atoms with E-state index < -0.39 is 0 Å². The molecule has 2 atom stereocenters. The standard InChI is InChI=1S/C15H17Cl2N3O/c1-15(6-2-3-12(15)18)14-19-13(20-21-14)8-9-4-5-10(16)11(17)7-9/h4-5,7,12H,2-3,6,8,18H2,1H3. The molecule has 0 bridgehead atoms. The topological polar surface area (TPSA) is 64.9 Å². The first kappa shape index (κ1) is 14.8. The van der Waals surface area contributed by atoms with E-state index in [9.17, 15) is 0 Å². The van der Waals surface area contributed by atoms with Crippen molar-refractivity contribution in [2.75, 3.05) is 0 Å². The number of halogens is 2. The lowest BCUT2D eigenvalue weighted by molar-refractivity contribution is 0.276. The maximum Gasteiger partial charge on any atom is 0.234 e. The Hall–Kier alpha value is -1.10. The number of aromatic nitrogens is 2. The van der Waals surface area contributed by atoms with Gasteiger partial charge < -0.3 is 10.3 Å². The summed E-state index contributed by atoms with van der Waals surface area (Å²) in [5, 5.41) is 5.14. The summed E-state index contributed by atoms with van der Waals surface area (Å²) in [5.74, 6) is 1.28. The molecule has 4 nitrogen and oxygen atoms in total. The summed E-state index contributed by atoms with van der Waals surface area (Å²) in [6.07, 6.45) is 3.65. The second kappa shape index (κ2) is 5.59. The zero-order valence-electron chi connectivity index (χ0n) is 11.8. The van der Waals surface area contributed by atoms with Crippen LogP contribution in [0.5, 0.6) is 0 Å². The first-order valence-electron chi connectivity index (χ1n) is 7.01. The lowest BCUT2D eigenvalue weighted by Gasteiger charge is -2.23. The van der Waals surface area contributed by atoms with Gasteiger partial charge in [0.05, 0.1) is 15.5 Å². The van der Waals surface area contributed by atoms with Gasteiger partial charge in [0, 0.05) is 12.5 Å². The lowest BCUT2D eigenvalue weighted by atomic mass is 9.85. The first-order valence-corrected chi connectivity index (χ1v) is 7.77. The number of nitrogens with two attached hydrogens (primary N) is 1. The lowest BCUT2D eigenvalue weighted by Crippen LogP contribution is -2.38. The highest BCUT2D eigenvalue weighted by atomic mass is 35.5. The predicted molar refractivity (Wildman–Crippen MR) is 82.7 cm³/mol. The quantitative estimate of drug-likeness (QED) is 0.933. The van der Waals surface area contributed by atoms with Crippen LogP contribution in [-0.4, -0.2) is 16.2 Å². The van der Waals surface area contributed by atoms with Crippen LogP contribution >= 0.6 is 23.2 Å². The Kier molecular flexibility index (Phi) is 3.95. The van der Waals surface area contributed by atoms with Gasteiger partial charge in [0.25, 0.3) is 0 Å². The Bertz CT molecular complexity index is 658. The van der Waals surface area contributed by atoms with Crippen molar-refractivity contribution < 1.29 is 4.52 Å². The number of rotatable bonds is 3. The van der Waals surface area contributed by atoms with E-state index in [-0.39, 0.29) is 11.5 Å². The van der Waals surface area contributed by atoms with Crippen molar-refractivity contribution >= 4 is 23.2 Å². The van der Waals surface area contributed by atoms with Crippen LogP contribution in [0, 0.1) is 0 Å².